The zero-order chi connectivity index (χ0) is 28.3. The number of fused-ring (bicyclic) bond motifs is 1. The largest absolute Gasteiger partial charge is 0.503 e. The van der Waals surface area contributed by atoms with Gasteiger partial charge in [0.15, 0.2) is 22.9 Å². The Labute approximate surface area is 237 Å². The van der Waals surface area contributed by atoms with Crippen molar-refractivity contribution in [2.24, 2.45) is 0 Å². The fourth-order valence-electron chi connectivity index (χ4n) is 5.35. The molecule has 9 nitrogen and oxygen atoms in total. The minimum absolute atomic E-state index is 0.00979. The van der Waals surface area contributed by atoms with E-state index in [0.29, 0.717) is 60.1 Å². The number of rotatable bonds is 9. The highest BCUT2D eigenvalue weighted by Gasteiger charge is 2.44. The maximum atomic E-state index is 14.0. The molecule has 3 heterocycles. The SMILES string of the molecule is COc1cccc2cc(C(=O)C3=C(O)C(=O)N(CCN4CCOCC4)C3c3cccc(Oc4ccccc4)c3)oc12. The minimum atomic E-state index is -0.842. The molecule has 1 fully saturated rings. The summed E-state index contributed by atoms with van der Waals surface area (Å²) in [4.78, 5) is 31.2. The fraction of sp³-hybridized carbons (Fsp3) is 0.250. The Kier molecular flexibility index (Phi) is 7.45. The Bertz CT molecular complexity index is 1600. The van der Waals surface area contributed by atoms with Crippen LogP contribution in [-0.2, 0) is 9.53 Å². The maximum Gasteiger partial charge on any atom is 0.290 e. The van der Waals surface area contributed by atoms with Crippen LogP contribution in [0.1, 0.15) is 22.2 Å². The third-order valence-electron chi connectivity index (χ3n) is 7.41. The molecule has 0 bridgehead atoms. The summed E-state index contributed by atoms with van der Waals surface area (Å²) in [6.45, 7) is 3.63. The summed E-state index contributed by atoms with van der Waals surface area (Å²) >= 11 is 0. The van der Waals surface area contributed by atoms with Gasteiger partial charge in [-0.1, -0.05) is 42.5 Å². The molecule has 3 aromatic carbocycles. The van der Waals surface area contributed by atoms with Gasteiger partial charge in [-0.05, 0) is 42.0 Å². The number of ketones is 1. The van der Waals surface area contributed by atoms with E-state index in [0.717, 1.165) is 13.1 Å². The van der Waals surface area contributed by atoms with Crippen molar-refractivity contribution < 1.29 is 33.3 Å². The lowest BCUT2D eigenvalue weighted by Gasteiger charge is -2.31. The third-order valence-corrected chi connectivity index (χ3v) is 7.41. The van der Waals surface area contributed by atoms with Crippen molar-refractivity contribution in [3.8, 4) is 17.2 Å². The van der Waals surface area contributed by atoms with Crippen LogP contribution in [0.25, 0.3) is 11.0 Å². The number of hydrogen-bond acceptors (Lipinski definition) is 8. The third kappa shape index (κ3) is 5.29. The molecular weight excluding hydrogens is 524 g/mol. The summed E-state index contributed by atoms with van der Waals surface area (Å²) in [5.41, 5.74) is 1.02. The molecule has 6 rings (SSSR count). The van der Waals surface area contributed by atoms with Crippen LogP contribution in [0.2, 0.25) is 0 Å². The lowest BCUT2D eigenvalue weighted by molar-refractivity contribution is -0.129. The molecule has 0 radical (unpaired) electrons. The Morgan fingerprint density at radius 3 is 2.49 bits per heavy atom. The number of hydrogen-bond donors (Lipinski definition) is 1. The van der Waals surface area contributed by atoms with E-state index in [-0.39, 0.29) is 11.3 Å². The molecule has 1 N–H and O–H groups in total. The van der Waals surface area contributed by atoms with Crippen LogP contribution >= 0.6 is 0 Å². The highest BCUT2D eigenvalue weighted by Crippen LogP contribution is 2.41. The molecule has 1 saturated heterocycles. The Morgan fingerprint density at radius 2 is 1.71 bits per heavy atom. The molecule has 1 aromatic heterocycles. The average Bonchev–Trinajstić information content (AvgIpc) is 3.56. The Balaban J connectivity index is 1.37. The Hall–Kier alpha value is -4.60. The fourth-order valence-corrected chi connectivity index (χ4v) is 5.35. The number of aliphatic hydroxyl groups excluding tert-OH is 1. The predicted octanol–water partition coefficient (Wildman–Crippen LogP) is 5.14. The second kappa shape index (κ2) is 11.5. The van der Waals surface area contributed by atoms with E-state index in [2.05, 4.69) is 4.90 Å². The smallest absolute Gasteiger partial charge is 0.290 e. The van der Waals surface area contributed by atoms with Crippen molar-refractivity contribution in [1.82, 2.24) is 9.80 Å². The van der Waals surface area contributed by atoms with Crippen molar-refractivity contribution in [1.29, 1.82) is 0 Å². The van der Waals surface area contributed by atoms with Gasteiger partial charge in [0.05, 0.1) is 31.9 Å². The number of Topliss-reactive ketones (excluding diaryl/α,β-unsaturated/α-hetero) is 1. The molecule has 1 amide bonds. The van der Waals surface area contributed by atoms with Crippen LogP contribution in [0.5, 0.6) is 17.2 Å². The van der Waals surface area contributed by atoms with Crippen molar-refractivity contribution in [3.05, 3.63) is 102 Å². The summed E-state index contributed by atoms with van der Waals surface area (Å²) in [7, 11) is 1.52. The predicted molar refractivity (Wildman–Crippen MR) is 151 cm³/mol. The van der Waals surface area contributed by atoms with E-state index in [1.54, 1.807) is 29.2 Å². The molecule has 1 atom stereocenters. The topological polar surface area (TPSA) is 102 Å². The normalized spacial score (nSPS) is 17.8. The number of benzene rings is 3. The van der Waals surface area contributed by atoms with Gasteiger partial charge in [0.25, 0.3) is 5.91 Å². The zero-order valence-corrected chi connectivity index (χ0v) is 22.6. The van der Waals surface area contributed by atoms with E-state index in [1.807, 2.05) is 54.6 Å². The number of carbonyl (C=O) groups is 2. The van der Waals surface area contributed by atoms with Crippen molar-refractivity contribution in [3.63, 3.8) is 0 Å². The van der Waals surface area contributed by atoms with Crippen LogP contribution < -0.4 is 9.47 Å². The summed E-state index contributed by atoms with van der Waals surface area (Å²) in [5.74, 6) is -0.0590. The first-order valence-electron chi connectivity index (χ1n) is 13.5. The quantitative estimate of drug-likeness (QED) is 0.284. The van der Waals surface area contributed by atoms with E-state index in [4.69, 9.17) is 18.6 Å². The van der Waals surface area contributed by atoms with E-state index >= 15 is 0 Å². The first kappa shape index (κ1) is 26.6. The van der Waals surface area contributed by atoms with Crippen molar-refractivity contribution >= 4 is 22.7 Å². The van der Waals surface area contributed by atoms with Crippen molar-refractivity contribution in [2.75, 3.05) is 46.5 Å². The monoisotopic (exact) mass is 554 g/mol. The molecule has 2 aliphatic heterocycles. The summed E-state index contributed by atoms with van der Waals surface area (Å²) in [6, 6.07) is 22.7. The van der Waals surface area contributed by atoms with Gasteiger partial charge in [-0.2, -0.15) is 0 Å². The molecule has 2 aliphatic rings. The number of carbonyl (C=O) groups excluding carboxylic acids is 2. The first-order valence-corrected chi connectivity index (χ1v) is 13.5. The molecule has 9 heteroatoms. The number of para-hydroxylation sites is 2. The highest BCUT2D eigenvalue weighted by atomic mass is 16.5. The number of methoxy groups -OCH3 is 1. The van der Waals surface area contributed by atoms with Gasteiger partial charge in [-0.25, -0.2) is 0 Å². The first-order chi connectivity index (χ1) is 20.0. The molecule has 41 heavy (non-hydrogen) atoms. The van der Waals surface area contributed by atoms with Crippen LogP contribution in [0.3, 0.4) is 0 Å². The summed E-state index contributed by atoms with van der Waals surface area (Å²) in [5, 5.41) is 11.8. The summed E-state index contributed by atoms with van der Waals surface area (Å²) in [6.07, 6.45) is 0. The van der Waals surface area contributed by atoms with E-state index < -0.39 is 23.5 Å². The van der Waals surface area contributed by atoms with Gasteiger partial charge in [0.1, 0.15) is 11.5 Å². The van der Waals surface area contributed by atoms with E-state index in [9.17, 15) is 14.7 Å². The lowest BCUT2D eigenvalue weighted by atomic mass is 9.94. The van der Waals surface area contributed by atoms with Gasteiger partial charge < -0.3 is 28.6 Å². The van der Waals surface area contributed by atoms with E-state index in [1.165, 1.54) is 7.11 Å². The number of aliphatic hydroxyl groups is 1. The van der Waals surface area contributed by atoms with Gasteiger partial charge >= 0.3 is 0 Å². The van der Waals surface area contributed by atoms with Gasteiger partial charge in [-0.3, -0.25) is 14.5 Å². The second-order valence-electron chi connectivity index (χ2n) is 9.92. The second-order valence-corrected chi connectivity index (χ2v) is 9.92. The maximum absolute atomic E-state index is 14.0. The molecule has 210 valence electrons. The van der Waals surface area contributed by atoms with Gasteiger partial charge in [-0.15, -0.1) is 0 Å². The van der Waals surface area contributed by atoms with Crippen molar-refractivity contribution in [2.45, 2.75) is 6.04 Å². The Morgan fingerprint density at radius 1 is 0.951 bits per heavy atom. The highest BCUT2D eigenvalue weighted by molar-refractivity contribution is 6.16. The molecule has 0 aliphatic carbocycles. The van der Waals surface area contributed by atoms with Crippen LogP contribution in [0.15, 0.2) is 94.6 Å². The standard InChI is InChI=1S/C32H30N2O7/c1-38-25-12-6-8-22-20-26(41-31(22)25)29(35)27-28(21-7-5-11-24(19-21)40-23-9-3-2-4-10-23)34(32(37)30(27)36)14-13-33-15-17-39-18-16-33/h2-12,19-20,28,36H,13-18H2,1H3. The molecule has 0 spiro atoms. The van der Waals surface area contributed by atoms with Gasteiger partial charge in [0, 0.05) is 31.6 Å². The van der Waals surface area contributed by atoms with Crippen LogP contribution in [0, 0.1) is 0 Å². The zero-order valence-electron chi connectivity index (χ0n) is 22.6. The number of morpholine rings is 1. The molecular formula is C32H30N2O7. The number of nitrogens with zero attached hydrogens (tertiary/aromatic N) is 2. The molecule has 1 unspecified atom stereocenters. The minimum Gasteiger partial charge on any atom is -0.503 e. The van der Waals surface area contributed by atoms with Crippen LogP contribution in [-0.4, -0.2) is 73.1 Å². The number of furan rings is 1. The lowest BCUT2D eigenvalue weighted by Crippen LogP contribution is -2.43. The average molecular weight is 555 g/mol. The molecule has 0 saturated carbocycles. The number of ether oxygens (including phenoxy) is 3. The number of amides is 1. The van der Waals surface area contributed by atoms with Crippen LogP contribution in [0.4, 0.5) is 0 Å². The molecule has 4 aromatic rings. The summed E-state index contributed by atoms with van der Waals surface area (Å²) < 4.78 is 22.8. The van der Waals surface area contributed by atoms with Gasteiger partial charge in [0.2, 0.25) is 5.78 Å².